The van der Waals surface area contributed by atoms with Gasteiger partial charge in [-0.05, 0) is 62.7 Å². The Morgan fingerprint density at radius 2 is 1.81 bits per heavy atom. The van der Waals surface area contributed by atoms with Gasteiger partial charge in [-0.25, -0.2) is 0 Å². The van der Waals surface area contributed by atoms with Crippen molar-refractivity contribution in [2.24, 2.45) is 17.1 Å². The molecule has 1 aliphatic heterocycles. The molecule has 0 bridgehead atoms. The van der Waals surface area contributed by atoms with E-state index in [2.05, 4.69) is 26.1 Å². The van der Waals surface area contributed by atoms with Gasteiger partial charge in [-0.3, -0.25) is 19.2 Å². The van der Waals surface area contributed by atoms with E-state index in [9.17, 15) is 19.2 Å². The van der Waals surface area contributed by atoms with Crippen molar-refractivity contribution in [1.82, 2.24) is 10.2 Å². The van der Waals surface area contributed by atoms with Crippen LogP contribution in [0.25, 0.3) is 5.57 Å². The van der Waals surface area contributed by atoms with Crippen LogP contribution in [-0.2, 0) is 19.2 Å². The third-order valence-corrected chi connectivity index (χ3v) is 7.11. The molecule has 1 aliphatic rings. The summed E-state index contributed by atoms with van der Waals surface area (Å²) in [6, 6.07) is 7.19. The van der Waals surface area contributed by atoms with E-state index in [-0.39, 0.29) is 41.9 Å². The lowest BCUT2D eigenvalue weighted by Crippen LogP contribution is -2.50. The van der Waals surface area contributed by atoms with E-state index >= 15 is 0 Å². The maximum atomic E-state index is 13.8. The van der Waals surface area contributed by atoms with Crippen LogP contribution < -0.4 is 11.1 Å². The van der Waals surface area contributed by atoms with Crippen LogP contribution in [0.15, 0.2) is 30.3 Å². The van der Waals surface area contributed by atoms with Crippen LogP contribution >= 0.6 is 0 Å². The first-order valence-electron chi connectivity index (χ1n) is 13.5. The van der Waals surface area contributed by atoms with E-state index in [1.807, 2.05) is 45.0 Å². The van der Waals surface area contributed by atoms with Gasteiger partial charge in [-0.2, -0.15) is 0 Å². The molecule has 0 spiro atoms. The Bertz CT molecular complexity index is 997. The third kappa shape index (κ3) is 9.45. The number of ketones is 1. The highest BCUT2D eigenvalue weighted by molar-refractivity contribution is 5.99. The number of nitrogens with zero attached hydrogens (tertiary/aromatic N) is 1. The number of nitrogens with two attached hydrogens (primary N) is 1. The van der Waals surface area contributed by atoms with E-state index in [0.717, 1.165) is 29.5 Å². The number of aryl methyl sites for hydroxylation is 1. The minimum absolute atomic E-state index is 0.0768. The first kappa shape index (κ1) is 30.3. The van der Waals surface area contributed by atoms with Gasteiger partial charge in [-0.15, -0.1) is 0 Å². The second-order valence-corrected chi connectivity index (χ2v) is 11.5. The van der Waals surface area contributed by atoms with Crippen LogP contribution in [0.2, 0.25) is 0 Å². The zero-order valence-corrected chi connectivity index (χ0v) is 23.4. The standard InChI is InChI=1S/C30H45N3O4/c1-7-8-9-24(17-25(34)16-21(3)23-13-10-20(2)11-14-23)29(37)33-19-30(5,6)18-26(33)28(36)32-22(4)12-15-27(31)35/h10-11,13-14,16,22,24,26H,7-9,12,15,17-19H2,1-6H3,(H2,31,35)(H,32,36)/b21-16+/t22-,24?,26+/m1/s1. The number of hydrogen-bond donors (Lipinski definition) is 2. The quantitative estimate of drug-likeness (QED) is 0.378. The van der Waals surface area contributed by atoms with Gasteiger partial charge in [0, 0.05) is 31.3 Å². The fourth-order valence-corrected chi connectivity index (χ4v) is 4.95. The van der Waals surface area contributed by atoms with Crippen LogP contribution in [0.5, 0.6) is 0 Å². The lowest BCUT2D eigenvalue weighted by atomic mass is 9.90. The molecule has 204 valence electrons. The summed E-state index contributed by atoms with van der Waals surface area (Å²) < 4.78 is 0. The molecule has 0 aliphatic carbocycles. The normalized spacial score (nSPS) is 18.8. The highest BCUT2D eigenvalue weighted by atomic mass is 16.2. The zero-order valence-electron chi connectivity index (χ0n) is 23.4. The summed E-state index contributed by atoms with van der Waals surface area (Å²) in [6.45, 7) is 12.4. The van der Waals surface area contributed by atoms with Crippen LogP contribution in [0, 0.1) is 18.3 Å². The van der Waals surface area contributed by atoms with Crippen LogP contribution in [0.4, 0.5) is 0 Å². The summed E-state index contributed by atoms with van der Waals surface area (Å²) in [6.07, 6.45) is 5.32. The van der Waals surface area contributed by atoms with Gasteiger partial charge in [0.1, 0.15) is 6.04 Å². The molecule has 1 heterocycles. The van der Waals surface area contributed by atoms with Crippen molar-refractivity contribution >= 4 is 29.1 Å². The average Bonchev–Trinajstić information content (AvgIpc) is 3.15. The first-order valence-corrected chi connectivity index (χ1v) is 13.5. The molecular formula is C30H45N3O4. The van der Waals surface area contributed by atoms with Crippen molar-refractivity contribution in [2.45, 2.75) is 98.6 Å². The van der Waals surface area contributed by atoms with E-state index in [1.165, 1.54) is 0 Å². The van der Waals surface area contributed by atoms with Gasteiger partial charge >= 0.3 is 0 Å². The van der Waals surface area contributed by atoms with Crippen molar-refractivity contribution in [3.8, 4) is 0 Å². The number of amides is 3. The molecule has 1 aromatic rings. The Hall–Kier alpha value is -2.96. The summed E-state index contributed by atoms with van der Waals surface area (Å²) in [7, 11) is 0. The molecule has 1 fully saturated rings. The molecule has 3 amide bonds. The minimum atomic E-state index is -0.595. The second kappa shape index (κ2) is 13.5. The first-order chi connectivity index (χ1) is 17.3. The van der Waals surface area contributed by atoms with E-state index < -0.39 is 17.9 Å². The Balaban J connectivity index is 2.17. The molecule has 7 heteroatoms. The lowest BCUT2D eigenvalue weighted by Gasteiger charge is -2.29. The number of carbonyl (C=O) groups excluding carboxylic acids is 4. The lowest BCUT2D eigenvalue weighted by molar-refractivity contribution is -0.143. The SMILES string of the molecule is CCCCC(CC(=O)/C=C(\C)c1ccc(C)cc1)C(=O)N1CC(C)(C)C[C@H]1C(=O)N[C@H](C)CCC(N)=O. The molecule has 0 aromatic heterocycles. The highest BCUT2D eigenvalue weighted by Crippen LogP contribution is 2.36. The van der Waals surface area contributed by atoms with Crippen molar-refractivity contribution in [2.75, 3.05) is 6.54 Å². The van der Waals surface area contributed by atoms with E-state index in [1.54, 1.807) is 11.0 Å². The fraction of sp³-hybridized carbons (Fsp3) is 0.600. The summed E-state index contributed by atoms with van der Waals surface area (Å²) in [5, 5.41) is 2.95. The summed E-state index contributed by atoms with van der Waals surface area (Å²) >= 11 is 0. The molecule has 1 unspecified atom stereocenters. The number of hydrogen-bond acceptors (Lipinski definition) is 4. The molecule has 3 N–H and O–H groups in total. The Labute approximate surface area is 222 Å². The van der Waals surface area contributed by atoms with Gasteiger partial charge in [-0.1, -0.05) is 63.4 Å². The number of nitrogens with one attached hydrogen (secondary N) is 1. The number of allylic oxidation sites excluding steroid dienone is 2. The van der Waals surface area contributed by atoms with Crippen molar-refractivity contribution in [1.29, 1.82) is 0 Å². The number of primary amides is 1. The van der Waals surface area contributed by atoms with Crippen molar-refractivity contribution in [3.05, 3.63) is 41.5 Å². The molecule has 3 atom stereocenters. The Kier molecular flexibility index (Phi) is 11.1. The van der Waals surface area contributed by atoms with Crippen molar-refractivity contribution in [3.63, 3.8) is 0 Å². The maximum Gasteiger partial charge on any atom is 0.243 e. The van der Waals surface area contributed by atoms with Crippen molar-refractivity contribution < 1.29 is 19.2 Å². The largest absolute Gasteiger partial charge is 0.370 e. The molecule has 1 saturated heterocycles. The number of unbranched alkanes of at least 4 members (excludes halogenated alkanes) is 1. The maximum absolute atomic E-state index is 13.8. The third-order valence-electron chi connectivity index (χ3n) is 7.11. The fourth-order valence-electron chi connectivity index (χ4n) is 4.95. The highest BCUT2D eigenvalue weighted by Gasteiger charge is 2.45. The smallest absolute Gasteiger partial charge is 0.243 e. The summed E-state index contributed by atoms with van der Waals surface area (Å²) in [4.78, 5) is 52.8. The molecule has 7 nitrogen and oxygen atoms in total. The molecule has 0 saturated carbocycles. The predicted octanol–water partition coefficient (Wildman–Crippen LogP) is 4.56. The summed E-state index contributed by atoms with van der Waals surface area (Å²) in [5.41, 5.74) is 8.04. The zero-order chi connectivity index (χ0) is 27.8. The molecule has 0 radical (unpaired) electrons. The average molecular weight is 512 g/mol. The number of benzene rings is 1. The summed E-state index contributed by atoms with van der Waals surface area (Å²) in [5.74, 6) is -1.29. The van der Waals surface area contributed by atoms with Gasteiger partial charge in [0.15, 0.2) is 5.78 Å². The molecular weight excluding hydrogens is 466 g/mol. The van der Waals surface area contributed by atoms with Crippen LogP contribution in [-0.4, -0.2) is 47.0 Å². The Morgan fingerprint density at radius 3 is 2.41 bits per heavy atom. The molecule has 37 heavy (non-hydrogen) atoms. The van der Waals surface area contributed by atoms with Gasteiger partial charge in [0.05, 0.1) is 0 Å². The predicted molar refractivity (Wildman–Crippen MR) is 147 cm³/mol. The minimum Gasteiger partial charge on any atom is -0.370 e. The van der Waals surface area contributed by atoms with E-state index in [4.69, 9.17) is 5.73 Å². The number of likely N-dealkylation sites (tertiary alicyclic amines) is 1. The Morgan fingerprint density at radius 1 is 1.16 bits per heavy atom. The van der Waals surface area contributed by atoms with Gasteiger partial charge < -0.3 is 16.0 Å². The van der Waals surface area contributed by atoms with Gasteiger partial charge in [0.2, 0.25) is 17.7 Å². The van der Waals surface area contributed by atoms with E-state index in [0.29, 0.717) is 25.8 Å². The topological polar surface area (TPSA) is 110 Å². The van der Waals surface area contributed by atoms with Gasteiger partial charge in [0.25, 0.3) is 0 Å². The molecule has 1 aromatic carbocycles. The van der Waals surface area contributed by atoms with Crippen LogP contribution in [0.1, 0.15) is 90.7 Å². The van der Waals surface area contributed by atoms with Crippen LogP contribution in [0.3, 0.4) is 0 Å². The molecule has 2 rings (SSSR count). The second-order valence-electron chi connectivity index (χ2n) is 11.5. The number of rotatable bonds is 13. The monoisotopic (exact) mass is 511 g/mol. The number of carbonyl (C=O) groups is 4.